The van der Waals surface area contributed by atoms with Gasteiger partial charge in [-0.1, -0.05) is 42.5 Å². The van der Waals surface area contributed by atoms with Gasteiger partial charge in [-0.25, -0.2) is 0 Å². The predicted octanol–water partition coefficient (Wildman–Crippen LogP) is 2.78. The summed E-state index contributed by atoms with van der Waals surface area (Å²) >= 11 is 0. The normalized spacial score (nSPS) is 23.4. The molecule has 1 aliphatic rings. The van der Waals surface area contributed by atoms with Crippen molar-refractivity contribution in [1.82, 2.24) is 4.90 Å². The minimum Gasteiger partial charge on any atom is -0.508 e. The second-order valence-electron chi connectivity index (χ2n) is 7.18. The number of aliphatic hydroxyl groups is 1. The highest BCUT2D eigenvalue weighted by atomic mass is 16.3. The monoisotopic (exact) mass is 339 g/mol. The zero-order valence-corrected chi connectivity index (χ0v) is 14.6. The third-order valence-electron chi connectivity index (χ3n) is 5.18. The lowest BCUT2D eigenvalue weighted by atomic mass is 9.78. The van der Waals surface area contributed by atoms with Gasteiger partial charge in [0.15, 0.2) is 0 Å². The molecule has 0 spiro atoms. The first-order valence-corrected chi connectivity index (χ1v) is 8.76. The summed E-state index contributed by atoms with van der Waals surface area (Å²) in [5.74, 6) is 0.291. The zero-order valence-electron chi connectivity index (χ0n) is 14.6. The van der Waals surface area contributed by atoms with Gasteiger partial charge in [0.25, 0.3) is 0 Å². The molecule has 1 heterocycles. The maximum Gasteiger partial charge on any atom is 0.227 e. The number of rotatable bonds is 4. The number of amides is 1. The SMILES string of the molecule is C[C@@]1(O)CCN(C(=O)Cc2ccc(O)cc2)C[C@@H]1Cc1ccccc1. The number of benzene rings is 2. The number of piperidine rings is 1. The molecule has 4 heteroatoms. The van der Waals surface area contributed by atoms with Crippen LogP contribution in [-0.4, -0.2) is 39.7 Å². The maximum atomic E-state index is 12.6. The maximum absolute atomic E-state index is 12.6. The molecule has 1 fully saturated rings. The molecule has 2 aromatic carbocycles. The largest absolute Gasteiger partial charge is 0.508 e. The highest BCUT2D eigenvalue weighted by Gasteiger charge is 2.38. The fourth-order valence-electron chi connectivity index (χ4n) is 3.43. The number of carbonyl (C=O) groups excluding carboxylic acids is 1. The Morgan fingerprint density at radius 1 is 1.12 bits per heavy atom. The first-order valence-electron chi connectivity index (χ1n) is 8.76. The van der Waals surface area contributed by atoms with Crippen LogP contribution in [0.4, 0.5) is 0 Å². The lowest BCUT2D eigenvalue weighted by molar-refractivity contribution is -0.138. The van der Waals surface area contributed by atoms with Crippen LogP contribution in [0.2, 0.25) is 0 Å². The van der Waals surface area contributed by atoms with Gasteiger partial charge in [0, 0.05) is 19.0 Å². The smallest absolute Gasteiger partial charge is 0.227 e. The highest BCUT2D eigenvalue weighted by Crippen LogP contribution is 2.30. The van der Waals surface area contributed by atoms with E-state index in [1.807, 2.05) is 30.0 Å². The molecule has 1 amide bonds. The van der Waals surface area contributed by atoms with Crippen LogP contribution in [0.5, 0.6) is 5.75 Å². The Labute approximate surface area is 148 Å². The Morgan fingerprint density at radius 3 is 2.48 bits per heavy atom. The third-order valence-corrected chi connectivity index (χ3v) is 5.18. The Balaban J connectivity index is 1.66. The second-order valence-corrected chi connectivity index (χ2v) is 7.18. The van der Waals surface area contributed by atoms with E-state index in [0.717, 1.165) is 12.0 Å². The van der Waals surface area contributed by atoms with Crippen molar-refractivity contribution in [1.29, 1.82) is 0 Å². The zero-order chi connectivity index (χ0) is 17.9. The summed E-state index contributed by atoms with van der Waals surface area (Å²) in [6, 6.07) is 16.9. The molecule has 2 aromatic rings. The van der Waals surface area contributed by atoms with Crippen molar-refractivity contribution < 1.29 is 15.0 Å². The molecule has 0 saturated carbocycles. The van der Waals surface area contributed by atoms with Crippen LogP contribution in [-0.2, 0) is 17.6 Å². The molecule has 0 aromatic heterocycles. The molecule has 4 nitrogen and oxygen atoms in total. The molecular weight excluding hydrogens is 314 g/mol. The molecule has 25 heavy (non-hydrogen) atoms. The summed E-state index contributed by atoms with van der Waals surface area (Å²) in [5, 5.41) is 20.1. The Bertz CT molecular complexity index is 710. The summed E-state index contributed by atoms with van der Waals surface area (Å²) in [4.78, 5) is 14.5. The topological polar surface area (TPSA) is 60.8 Å². The second kappa shape index (κ2) is 7.28. The number of hydrogen-bond donors (Lipinski definition) is 2. The van der Waals surface area contributed by atoms with E-state index in [-0.39, 0.29) is 17.6 Å². The fraction of sp³-hybridized carbons (Fsp3) is 0.381. The highest BCUT2D eigenvalue weighted by molar-refractivity contribution is 5.79. The van der Waals surface area contributed by atoms with Crippen molar-refractivity contribution >= 4 is 5.91 Å². The van der Waals surface area contributed by atoms with E-state index in [1.165, 1.54) is 5.56 Å². The lowest BCUT2D eigenvalue weighted by Crippen LogP contribution is -2.53. The Morgan fingerprint density at radius 2 is 1.80 bits per heavy atom. The average molecular weight is 339 g/mol. The fourth-order valence-corrected chi connectivity index (χ4v) is 3.43. The van der Waals surface area contributed by atoms with E-state index in [0.29, 0.717) is 25.9 Å². The van der Waals surface area contributed by atoms with Gasteiger partial charge in [-0.3, -0.25) is 4.79 Å². The number of aromatic hydroxyl groups is 1. The van der Waals surface area contributed by atoms with Crippen molar-refractivity contribution in [2.45, 2.75) is 31.8 Å². The minimum atomic E-state index is -0.759. The van der Waals surface area contributed by atoms with Gasteiger partial charge in [0.2, 0.25) is 5.91 Å². The minimum absolute atomic E-state index is 0.0208. The molecule has 132 valence electrons. The van der Waals surface area contributed by atoms with Crippen LogP contribution >= 0.6 is 0 Å². The van der Waals surface area contributed by atoms with E-state index in [1.54, 1.807) is 24.3 Å². The van der Waals surface area contributed by atoms with Crippen molar-refractivity contribution in [2.24, 2.45) is 5.92 Å². The molecule has 1 saturated heterocycles. The molecule has 3 rings (SSSR count). The molecule has 0 unspecified atom stereocenters. The molecule has 0 bridgehead atoms. The van der Waals surface area contributed by atoms with Crippen molar-refractivity contribution in [3.8, 4) is 5.75 Å². The third kappa shape index (κ3) is 4.40. The average Bonchev–Trinajstić information content (AvgIpc) is 2.59. The lowest BCUT2D eigenvalue weighted by Gasteiger charge is -2.43. The first kappa shape index (κ1) is 17.5. The molecule has 1 aliphatic heterocycles. The Kier molecular flexibility index (Phi) is 5.09. The van der Waals surface area contributed by atoms with Crippen molar-refractivity contribution in [2.75, 3.05) is 13.1 Å². The van der Waals surface area contributed by atoms with Crippen LogP contribution in [0.25, 0.3) is 0 Å². The van der Waals surface area contributed by atoms with Crippen LogP contribution in [0.1, 0.15) is 24.5 Å². The van der Waals surface area contributed by atoms with Gasteiger partial charge in [0.05, 0.1) is 12.0 Å². The van der Waals surface area contributed by atoms with E-state index in [2.05, 4.69) is 12.1 Å². The van der Waals surface area contributed by atoms with Gasteiger partial charge in [0.1, 0.15) is 5.75 Å². The van der Waals surface area contributed by atoms with Gasteiger partial charge in [-0.15, -0.1) is 0 Å². The standard InChI is InChI=1S/C21H25NO3/c1-21(25)11-12-22(15-18(21)13-16-5-3-2-4-6-16)20(24)14-17-7-9-19(23)10-8-17/h2-10,18,23,25H,11-15H2,1H3/t18-,21+/m0/s1. The van der Waals surface area contributed by atoms with Crippen LogP contribution < -0.4 is 0 Å². The molecular formula is C21H25NO3. The predicted molar refractivity (Wildman–Crippen MR) is 97.3 cm³/mol. The summed E-state index contributed by atoms with van der Waals surface area (Å²) in [7, 11) is 0. The molecule has 2 N–H and O–H groups in total. The van der Waals surface area contributed by atoms with Crippen molar-refractivity contribution in [3.05, 3.63) is 65.7 Å². The van der Waals surface area contributed by atoms with E-state index in [4.69, 9.17) is 0 Å². The number of carbonyl (C=O) groups is 1. The molecule has 0 radical (unpaired) electrons. The molecule has 2 atom stereocenters. The Hall–Kier alpha value is -2.33. The summed E-state index contributed by atoms with van der Waals surface area (Å²) in [6.45, 7) is 3.02. The number of likely N-dealkylation sites (tertiary alicyclic amines) is 1. The summed E-state index contributed by atoms with van der Waals surface area (Å²) < 4.78 is 0. The first-order chi connectivity index (χ1) is 11.9. The van der Waals surface area contributed by atoms with E-state index < -0.39 is 5.60 Å². The van der Waals surface area contributed by atoms with Crippen LogP contribution in [0.3, 0.4) is 0 Å². The summed E-state index contributed by atoms with van der Waals surface area (Å²) in [6.07, 6.45) is 1.67. The molecule has 0 aliphatic carbocycles. The van der Waals surface area contributed by atoms with Gasteiger partial charge >= 0.3 is 0 Å². The number of hydrogen-bond acceptors (Lipinski definition) is 3. The van der Waals surface area contributed by atoms with Crippen molar-refractivity contribution in [3.63, 3.8) is 0 Å². The van der Waals surface area contributed by atoms with Gasteiger partial charge < -0.3 is 15.1 Å². The van der Waals surface area contributed by atoms with E-state index in [9.17, 15) is 15.0 Å². The van der Waals surface area contributed by atoms with Crippen LogP contribution in [0, 0.1) is 5.92 Å². The van der Waals surface area contributed by atoms with E-state index >= 15 is 0 Å². The number of nitrogens with zero attached hydrogens (tertiary/aromatic N) is 1. The van der Waals surface area contributed by atoms with Crippen LogP contribution in [0.15, 0.2) is 54.6 Å². The number of phenolic OH excluding ortho intramolecular Hbond substituents is 1. The van der Waals surface area contributed by atoms with Gasteiger partial charge in [-0.05, 0) is 43.0 Å². The van der Waals surface area contributed by atoms with Gasteiger partial charge in [-0.2, -0.15) is 0 Å². The number of phenols is 1. The summed E-state index contributed by atoms with van der Waals surface area (Å²) in [5.41, 5.74) is 1.31. The quantitative estimate of drug-likeness (QED) is 0.900.